The lowest BCUT2D eigenvalue weighted by Gasteiger charge is -2.10. The highest BCUT2D eigenvalue weighted by molar-refractivity contribution is 6.20. The summed E-state index contributed by atoms with van der Waals surface area (Å²) in [5.74, 6) is -0.0918. The maximum Gasteiger partial charge on any atom is 0.269 e. The average molecular weight is 272 g/mol. The van der Waals surface area contributed by atoms with E-state index in [0.717, 1.165) is 25.0 Å². The van der Waals surface area contributed by atoms with Gasteiger partial charge in [-0.05, 0) is 25.8 Å². The number of halogens is 1. The van der Waals surface area contributed by atoms with Gasteiger partial charge in [0, 0.05) is 13.1 Å². The molecule has 1 aromatic rings. The molecule has 102 valence electrons. The number of nitrogens with zero attached hydrogens (tertiary/aromatic N) is 2. The Labute approximate surface area is 114 Å². The molecule has 1 amide bonds. The Morgan fingerprint density at radius 1 is 1.50 bits per heavy atom. The van der Waals surface area contributed by atoms with Gasteiger partial charge in [0.1, 0.15) is 5.69 Å². The van der Waals surface area contributed by atoms with E-state index in [1.807, 2.05) is 19.9 Å². The van der Waals surface area contributed by atoms with Crippen molar-refractivity contribution in [2.75, 3.05) is 6.54 Å². The summed E-state index contributed by atoms with van der Waals surface area (Å²) < 4.78 is 1.73. The van der Waals surface area contributed by atoms with Crippen molar-refractivity contribution in [3.05, 3.63) is 17.5 Å². The number of hydrogen-bond donors (Lipinski definition) is 1. The lowest BCUT2D eigenvalue weighted by Crippen LogP contribution is -2.31. The van der Waals surface area contributed by atoms with Crippen LogP contribution in [-0.4, -0.2) is 27.6 Å². The SMILES string of the molecule is CCCC(Cl)CNC(=O)c1cc(CC)nn1CC. The highest BCUT2D eigenvalue weighted by Crippen LogP contribution is 2.07. The van der Waals surface area contributed by atoms with Crippen LogP contribution in [0.3, 0.4) is 0 Å². The summed E-state index contributed by atoms with van der Waals surface area (Å²) in [4.78, 5) is 12.0. The highest BCUT2D eigenvalue weighted by atomic mass is 35.5. The number of carbonyl (C=O) groups is 1. The van der Waals surface area contributed by atoms with E-state index in [2.05, 4.69) is 17.3 Å². The van der Waals surface area contributed by atoms with Crippen molar-refractivity contribution >= 4 is 17.5 Å². The van der Waals surface area contributed by atoms with Crippen LogP contribution < -0.4 is 5.32 Å². The van der Waals surface area contributed by atoms with Crippen LogP contribution in [0, 0.1) is 0 Å². The molecule has 1 N–H and O–H groups in total. The molecule has 0 fully saturated rings. The van der Waals surface area contributed by atoms with Crippen LogP contribution in [0.15, 0.2) is 6.07 Å². The largest absolute Gasteiger partial charge is 0.349 e. The molecule has 0 aromatic carbocycles. The maximum atomic E-state index is 12.0. The molecule has 0 saturated heterocycles. The van der Waals surface area contributed by atoms with Gasteiger partial charge in [-0.15, -0.1) is 11.6 Å². The van der Waals surface area contributed by atoms with Crippen LogP contribution in [0.1, 0.15) is 49.8 Å². The van der Waals surface area contributed by atoms with Gasteiger partial charge in [-0.25, -0.2) is 0 Å². The van der Waals surface area contributed by atoms with E-state index in [-0.39, 0.29) is 11.3 Å². The Morgan fingerprint density at radius 3 is 2.78 bits per heavy atom. The molecule has 1 rings (SSSR count). The van der Waals surface area contributed by atoms with Gasteiger partial charge in [0.25, 0.3) is 5.91 Å². The number of aryl methyl sites for hydroxylation is 2. The van der Waals surface area contributed by atoms with Crippen LogP contribution >= 0.6 is 11.6 Å². The molecule has 0 saturated carbocycles. The second kappa shape index (κ2) is 7.41. The number of amides is 1. The fourth-order valence-electron chi connectivity index (χ4n) is 1.78. The smallest absolute Gasteiger partial charge is 0.269 e. The molecular formula is C13H22ClN3O. The number of rotatable bonds is 7. The lowest BCUT2D eigenvalue weighted by atomic mass is 10.2. The molecule has 1 heterocycles. The van der Waals surface area contributed by atoms with Crippen molar-refractivity contribution < 1.29 is 4.79 Å². The molecule has 0 radical (unpaired) electrons. The van der Waals surface area contributed by atoms with Gasteiger partial charge in [0.15, 0.2) is 0 Å². The average Bonchev–Trinajstić information content (AvgIpc) is 2.79. The Bertz CT molecular complexity index is 390. The van der Waals surface area contributed by atoms with E-state index < -0.39 is 0 Å². The van der Waals surface area contributed by atoms with Gasteiger partial charge in [-0.3, -0.25) is 9.48 Å². The number of hydrogen-bond acceptors (Lipinski definition) is 2. The molecule has 0 bridgehead atoms. The summed E-state index contributed by atoms with van der Waals surface area (Å²) in [6.07, 6.45) is 2.77. The predicted octanol–water partition coefficient (Wildman–Crippen LogP) is 2.60. The van der Waals surface area contributed by atoms with Crippen LogP contribution in [0.4, 0.5) is 0 Å². The zero-order chi connectivity index (χ0) is 13.5. The molecule has 5 heteroatoms. The topological polar surface area (TPSA) is 46.9 Å². The van der Waals surface area contributed by atoms with Gasteiger partial charge in [-0.2, -0.15) is 5.10 Å². The zero-order valence-electron chi connectivity index (χ0n) is 11.4. The first-order valence-corrected chi connectivity index (χ1v) is 7.04. The van der Waals surface area contributed by atoms with Crippen LogP contribution in [0.5, 0.6) is 0 Å². The summed E-state index contributed by atoms with van der Waals surface area (Å²) in [6.45, 7) is 7.29. The van der Waals surface area contributed by atoms with E-state index in [0.29, 0.717) is 18.8 Å². The van der Waals surface area contributed by atoms with Crippen LogP contribution in [0.25, 0.3) is 0 Å². The second-order valence-electron chi connectivity index (χ2n) is 4.29. The van der Waals surface area contributed by atoms with Crippen molar-refractivity contribution in [3.63, 3.8) is 0 Å². The van der Waals surface area contributed by atoms with Crippen LogP contribution in [-0.2, 0) is 13.0 Å². The highest BCUT2D eigenvalue weighted by Gasteiger charge is 2.14. The number of aromatic nitrogens is 2. The second-order valence-corrected chi connectivity index (χ2v) is 4.90. The fourth-order valence-corrected chi connectivity index (χ4v) is 2.07. The van der Waals surface area contributed by atoms with Crippen molar-refractivity contribution in [1.82, 2.24) is 15.1 Å². The minimum absolute atomic E-state index is 0.00240. The van der Waals surface area contributed by atoms with Gasteiger partial charge in [0.05, 0.1) is 11.1 Å². The minimum Gasteiger partial charge on any atom is -0.349 e. The molecule has 0 aliphatic rings. The first-order chi connectivity index (χ1) is 8.62. The van der Waals surface area contributed by atoms with Crippen molar-refractivity contribution in [2.24, 2.45) is 0 Å². The summed E-state index contributed by atoms with van der Waals surface area (Å²) in [7, 11) is 0. The van der Waals surface area contributed by atoms with E-state index in [1.165, 1.54) is 0 Å². The van der Waals surface area contributed by atoms with E-state index in [4.69, 9.17) is 11.6 Å². The third-order valence-corrected chi connectivity index (χ3v) is 3.18. The summed E-state index contributed by atoms with van der Waals surface area (Å²) in [5.41, 5.74) is 1.56. The molecule has 0 aliphatic carbocycles. The third-order valence-electron chi connectivity index (χ3n) is 2.81. The van der Waals surface area contributed by atoms with Gasteiger partial charge >= 0.3 is 0 Å². The molecule has 1 aromatic heterocycles. The molecule has 0 aliphatic heterocycles. The summed E-state index contributed by atoms with van der Waals surface area (Å²) in [6, 6.07) is 1.85. The Balaban J connectivity index is 2.63. The molecule has 1 atom stereocenters. The molecule has 1 unspecified atom stereocenters. The molecular weight excluding hydrogens is 250 g/mol. The van der Waals surface area contributed by atoms with Crippen molar-refractivity contribution in [3.8, 4) is 0 Å². The lowest BCUT2D eigenvalue weighted by molar-refractivity contribution is 0.0942. The van der Waals surface area contributed by atoms with E-state index in [1.54, 1.807) is 4.68 Å². The summed E-state index contributed by atoms with van der Waals surface area (Å²) in [5, 5.41) is 7.22. The standard InChI is InChI=1S/C13H22ClN3O/c1-4-7-10(14)9-15-13(18)12-8-11(5-2)16-17(12)6-3/h8,10H,4-7,9H2,1-3H3,(H,15,18). The first kappa shape index (κ1) is 15.0. The molecule has 18 heavy (non-hydrogen) atoms. The van der Waals surface area contributed by atoms with Gasteiger partial charge in [-0.1, -0.05) is 20.3 Å². The predicted molar refractivity (Wildman–Crippen MR) is 74.2 cm³/mol. The van der Waals surface area contributed by atoms with E-state index >= 15 is 0 Å². The zero-order valence-corrected chi connectivity index (χ0v) is 12.1. The normalized spacial score (nSPS) is 12.4. The first-order valence-electron chi connectivity index (χ1n) is 6.61. The number of alkyl halides is 1. The Kier molecular flexibility index (Phi) is 6.19. The monoisotopic (exact) mass is 271 g/mol. The fraction of sp³-hybridized carbons (Fsp3) is 0.692. The van der Waals surface area contributed by atoms with Crippen molar-refractivity contribution in [1.29, 1.82) is 0 Å². The van der Waals surface area contributed by atoms with E-state index in [9.17, 15) is 4.79 Å². The Morgan fingerprint density at radius 2 is 2.22 bits per heavy atom. The Hall–Kier alpha value is -1.03. The molecule has 0 spiro atoms. The van der Waals surface area contributed by atoms with Crippen molar-refractivity contribution in [2.45, 2.75) is 52.0 Å². The van der Waals surface area contributed by atoms with Gasteiger partial charge < -0.3 is 5.32 Å². The summed E-state index contributed by atoms with van der Waals surface area (Å²) >= 11 is 6.08. The number of nitrogens with one attached hydrogen (secondary N) is 1. The minimum atomic E-state index is -0.0918. The maximum absolute atomic E-state index is 12.0. The molecule has 4 nitrogen and oxygen atoms in total. The third kappa shape index (κ3) is 4.02. The quantitative estimate of drug-likeness (QED) is 0.775. The van der Waals surface area contributed by atoms with Gasteiger partial charge in [0.2, 0.25) is 0 Å². The number of carbonyl (C=O) groups excluding carboxylic acids is 1. The van der Waals surface area contributed by atoms with Crippen LogP contribution in [0.2, 0.25) is 0 Å².